The zero-order valence-electron chi connectivity index (χ0n) is 13.5. The number of aryl methyl sites for hydroxylation is 1. The van der Waals surface area contributed by atoms with Crippen molar-refractivity contribution in [2.45, 2.75) is 26.1 Å². The molecule has 2 heterocycles. The number of nitro groups is 1. The number of methoxy groups -OCH3 is 1. The lowest BCUT2D eigenvalue weighted by molar-refractivity contribution is -0.392. The summed E-state index contributed by atoms with van der Waals surface area (Å²) in [5.74, 6) is 1.51. The lowest BCUT2D eigenvalue weighted by atomic mass is 10.1. The third kappa shape index (κ3) is 2.75. The van der Waals surface area contributed by atoms with Crippen molar-refractivity contribution < 1.29 is 14.4 Å². The summed E-state index contributed by atoms with van der Waals surface area (Å²) < 4.78 is 12.5. The van der Waals surface area contributed by atoms with Gasteiger partial charge in [-0.3, -0.25) is 5.43 Å². The van der Waals surface area contributed by atoms with Crippen molar-refractivity contribution in [1.29, 1.82) is 0 Å². The van der Waals surface area contributed by atoms with Gasteiger partial charge in [0.2, 0.25) is 5.72 Å². The molecule has 2 aromatic rings. The van der Waals surface area contributed by atoms with E-state index in [2.05, 4.69) is 15.5 Å². The number of ether oxygens (including phenoxy) is 2. The van der Waals surface area contributed by atoms with Crippen LogP contribution in [-0.2, 0) is 17.0 Å². The monoisotopic (exact) mass is 331 g/mol. The van der Waals surface area contributed by atoms with Gasteiger partial charge in [-0.15, -0.1) is 5.10 Å². The van der Waals surface area contributed by atoms with Crippen LogP contribution < -0.4 is 10.2 Å². The molecular formula is C15H17N5O4. The lowest BCUT2D eigenvalue weighted by Crippen LogP contribution is -2.34. The highest BCUT2D eigenvalue weighted by atomic mass is 16.6. The fraction of sp³-hybridized carbons (Fsp3) is 0.333. The number of hydrogen-bond acceptors (Lipinski definition) is 7. The molecule has 24 heavy (non-hydrogen) atoms. The third-order valence-corrected chi connectivity index (χ3v) is 3.87. The Hall–Kier alpha value is -3.10. The molecule has 0 aliphatic carbocycles. The Kier molecular flexibility index (Phi) is 3.84. The minimum atomic E-state index is -0.842. The van der Waals surface area contributed by atoms with Crippen LogP contribution in [0.2, 0.25) is 0 Å². The second-order valence-electron chi connectivity index (χ2n) is 5.49. The maximum atomic E-state index is 11.1. The number of rotatable bonds is 5. The predicted molar refractivity (Wildman–Crippen MR) is 85.6 cm³/mol. The highest BCUT2D eigenvalue weighted by Gasteiger charge is 2.36. The van der Waals surface area contributed by atoms with Crippen molar-refractivity contribution in [3.8, 4) is 5.75 Å². The molecule has 3 rings (SSSR count). The molecular weight excluding hydrogens is 314 g/mol. The number of aromatic nitrogens is 2. The molecule has 1 aliphatic rings. The summed E-state index contributed by atoms with van der Waals surface area (Å²) in [7, 11) is 1.60. The van der Waals surface area contributed by atoms with Crippen molar-refractivity contribution in [2.75, 3.05) is 7.11 Å². The maximum absolute atomic E-state index is 11.1. The summed E-state index contributed by atoms with van der Waals surface area (Å²) in [6, 6.07) is 7.40. The van der Waals surface area contributed by atoms with Gasteiger partial charge in [0.15, 0.2) is 12.4 Å². The van der Waals surface area contributed by atoms with E-state index in [0.29, 0.717) is 11.7 Å². The van der Waals surface area contributed by atoms with Crippen molar-refractivity contribution in [3.63, 3.8) is 0 Å². The highest BCUT2D eigenvalue weighted by molar-refractivity contribution is 5.78. The van der Waals surface area contributed by atoms with E-state index in [1.54, 1.807) is 14.0 Å². The molecule has 1 atom stereocenters. The zero-order valence-corrected chi connectivity index (χ0v) is 13.5. The molecule has 9 heteroatoms. The first-order chi connectivity index (χ1) is 11.4. The van der Waals surface area contributed by atoms with E-state index >= 15 is 0 Å². The molecule has 1 unspecified atom stereocenters. The fourth-order valence-electron chi connectivity index (χ4n) is 2.48. The standard InChI is InChI=1S/C15H17N5O4/c1-10-16-8-14(20(21)22)19(10)9-13-17-18-15(2,24-13)11-4-6-12(23-3)7-5-11/h4-8,18H,9H2,1-3H3. The van der Waals surface area contributed by atoms with Gasteiger partial charge in [0, 0.05) is 19.4 Å². The van der Waals surface area contributed by atoms with Crippen LogP contribution in [0.3, 0.4) is 0 Å². The van der Waals surface area contributed by atoms with Crippen LogP contribution in [0.1, 0.15) is 18.3 Å². The molecule has 0 saturated heterocycles. The van der Waals surface area contributed by atoms with Gasteiger partial charge in [-0.25, -0.2) is 9.55 Å². The van der Waals surface area contributed by atoms with Crippen molar-refractivity contribution in [1.82, 2.24) is 15.0 Å². The van der Waals surface area contributed by atoms with E-state index in [0.717, 1.165) is 11.3 Å². The predicted octanol–water partition coefficient (Wildman–Crippen LogP) is 1.91. The molecule has 0 radical (unpaired) electrons. The molecule has 0 saturated carbocycles. The van der Waals surface area contributed by atoms with Gasteiger partial charge in [-0.05, 0) is 29.2 Å². The Balaban J connectivity index is 1.77. The third-order valence-electron chi connectivity index (χ3n) is 3.87. The number of imidazole rings is 1. The molecule has 0 bridgehead atoms. The lowest BCUT2D eigenvalue weighted by Gasteiger charge is -2.24. The first-order valence-corrected chi connectivity index (χ1v) is 7.27. The van der Waals surface area contributed by atoms with E-state index in [-0.39, 0.29) is 12.4 Å². The van der Waals surface area contributed by atoms with Crippen molar-refractivity contribution in [3.05, 3.63) is 52.0 Å². The number of hydrazone groups is 1. The number of benzene rings is 1. The second kappa shape index (κ2) is 5.84. The van der Waals surface area contributed by atoms with Crippen LogP contribution in [0, 0.1) is 17.0 Å². The van der Waals surface area contributed by atoms with Gasteiger partial charge in [0.25, 0.3) is 5.90 Å². The molecule has 126 valence electrons. The normalized spacial score (nSPS) is 19.4. The molecule has 0 spiro atoms. The average Bonchev–Trinajstić information content (AvgIpc) is 3.12. The van der Waals surface area contributed by atoms with E-state index in [9.17, 15) is 10.1 Å². The molecule has 1 aliphatic heterocycles. The minimum absolute atomic E-state index is 0.100. The molecule has 0 amide bonds. The fourth-order valence-corrected chi connectivity index (χ4v) is 2.48. The SMILES string of the molecule is COc1ccc(C2(C)NN=C(Cn3c([N+](=O)[O-])cnc3C)O2)cc1. The van der Waals surface area contributed by atoms with Crippen LogP contribution in [0.5, 0.6) is 5.75 Å². The number of hydrogen-bond donors (Lipinski definition) is 1. The summed E-state index contributed by atoms with van der Waals surface area (Å²) >= 11 is 0. The van der Waals surface area contributed by atoms with Gasteiger partial charge in [0.05, 0.1) is 7.11 Å². The Morgan fingerprint density at radius 1 is 1.42 bits per heavy atom. The maximum Gasteiger partial charge on any atom is 0.343 e. The first-order valence-electron chi connectivity index (χ1n) is 7.27. The van der Waals surface area contributed by atoms with Crippen molar-refractivity contribution in [2.24, 2.45) is 5.10 Å². The Morgan fingerprint density at radius 3 is 2.75 bits per heavy atom. The Labute approximate surface area is 138 Å². The molecule has 0 fully saturated rings. The van der Waals surface area contributed by atoms with Gasteiger partial charge in [-0.2, -0.15) is 0 Å². The highest BCUT2D eigenvalue weighted by Crippen LogP contribution is 2.28. The molecule has 1 aromatic heterocycles. The average molecular weight is 331 g/mol. The van der Waals surface area contributed by atoms with E-state index < -0.39 is 10.6 Å². The summed E-state index contributed by atoms with van der Waals surface area (Å²) in [5.41, 5.74) is 2.96. The topological polar surface area (TPSA) is 104 Å². The van der Waals surface area contributed by atoms with E-state index in [1.165, 1.54) is 10.8 Å². The number of nitrogens with zero attached hydrogens (tertiary/aromatic N) is 4. The minimum Gasteiger partial charge on any atom is -0.497 e. The van der Waals surface area contributed by atoms with E-state index in [4.69, 9.17) is 9.47 Å². The summed E-state index contributed by atoms with van der Waals surface area (Å²) in [6.07, 6.45) is 1.22. The van der Waals surface area contributed by atoms with Gasteiger partial charge in [-0.1, -0.05) is 0 Å². The quantitative estimate of drug-likeness (QED) is 0.663. The molecule has 1 N–H and O–H groups in total. The van der Waals surface area contributed by atoms with Crippen LogP contribution >= 0.6 is 0 Å². The van der Waals surface area contributed by atoms with Gasteiger partial charge in [0.1, 0.15) is 11.9 Å². The van der Waals surface area contributed by atoms with Crippen molar-refractivity contribution >= 4 is 11.7 Å². The smallest absolute Gasteiger partial charge is 0.343 e. The molecule has 1 aromatic carbocycles. The summed E-state index contributed by atoms with van der Waals surface area (Å²) in [4.78, 5) is 14.5. The Bertz CT molecular complexity index is 799. The number of nitrogens with one attached hydrogen (secondary N) is 1. The Morgan fingerprint density at radius 2 is 2.12 bits per heavy atom. The van der Waals surface area contributed by atoms with Gasteiger partial charge >= 0.3 is 5.82 Å². The zero-order chi connectivity index (χ0) is 17.3. The first kappa shape index (κ1) is 15.8. The largest absolute Gasteiger partial charge is 0.497 e. The molecule has 9 nitrogen and oxygen atoms in total. The summed E-state index contributed by atoms with van der Waals surface area (Å²) in [6.45, 7) is 3.65. The summed E-state index contributed by atoms with van der Waals surface area (Å²) in [5, 5.41) is 15.2. The van der Waals surface area contributed by atoms with Gasteiger partial charge < -0.3 is 19.6 Å². The van der Waals surface area contributed by atoms with Crippen LogP contribution in [-0.4, -0.2) is 27.5 Å². The van der Waals surface area contributed by atoms with E-state index in [1.807, 2.05) is 31.2 Å². The second-order valence-corrected chi connectivity index (χ2v) is 5.49. The van der Waals surface area contributed by atoms with Crippen LogP contribution in [0.25, 0.3) is 0 Å². The van der Waals surface area contributed by atoms with Crippen LogP contribution in [0.4, 0.5) is 5.82 Å². The van der Waals surface area contributed by atoms with Crippen LogP contribution in [0.15, 0.2) is 35.6 Å².